The molecule has 1 aromatic carbocycles. The maximum atomic E-state index is 12.5. The SMILES string of the molecule is CCC(CC)C(=O)Nc1ccc(-c2cc(N3CCOC[C@H]3C)nc(Nc3ccn[nH]3)c2C=N)cc1. The van der Waals surface area contributed by atoms with Crippen LogP contribution in [0.5, 0.6) is 0 Å². The van der Waals surface area contributed by atoms with Crippen molar-refractivity contribution in [2.75, 3.05) is 35.3 Å². The van der Waals surface area contributed by atoms with Gasteiger partial charge in [0.05, 0.1) is 25.5 Å². The van der Waals surface area contributed by atoms with Gasteiger partial charge < -0.3 is 25.7 Å². The number of pyridine rings is 1. The van der Waals surface area contributed by atoms with Gasteiger partial charge in [0.2, 0.25) is 5.91 Å². The third-order valence-electron chi connectivity index (χ3n) is 6.42. The number of nitrogens with zero attached hydrogens (tertiary/aromatic N) is 3. The normalized spacial score (nSPS) is 15.8. The number of aromatic amines is 1. The second-order valence-corrected chi connectivity index (χ2v) is 8.73. The molecule has 9 heteroatoms. The van der Waals surface area contributed by atoms with Gasteiger partial charge in [-0.05, 0) is 49.1 Å². The standard InChI is InChI=1S/C26H33N7O2/c1-4-18(5-2)26(34)29-20-8-6-19(7-9-20)21-14-24(33-12-13-35-16-17(33)3)31-25(22(21)15-27)30-23-10-11-28-32-23/h6-11,14-15,17-18,27H,4-5,12-13,16H2,1-3H3,(H,29,34)(H2,28,30,31,32)/t17-/m1/s1. The summed E-state index contributed by atoms with van der Waals surface area (Å²) in [7, 11) is 0. The Morgan fingerprint density at radius 3 is 2.69 bits per heavy atom. The molecule has 1 aliphatic heterocycles. The molecule has 0 aliphatic carbocycles. The number of ether oxygens (including phenoxy) is 1. The maximum Gasteiger partial charge on any atom is 0.227 e. The highest BCUT2D eigenvalue weighted by atomic mass is 16.5. The molecule has 1 fully saturated rings. The molecule has 4 N–H and O–H groups in total. The van der Waals surface area contributed by atoms with Crippen molar-refractivity contribution in [3.05, 3.63) is 48.2 Å². The Labute approximate surface area is 205 Å². The van der Waals surface area contributed by atoms with Gasteiger partial charge in [-0.2, -0.15) is 5.10 Å². The molecule has 4 rings (SSSR count). The fourth-order valence-electron chi connectivity index (χ4n) is 4.33. The minimum Gasteiger partial charge on any atom is -0.377 e. The second kappa shape index (κ2) is 11.1. The van der Waals surface area contributed by atoms with E-state index in [0.717, 1.165) is 42.0 Å². The molecule has 35 heavy (non-hydrogen) atoms. The monoisotopic (exact) mass is 475 g/mol. The van der Waals surface area contributed by atoms with Crippen molar-refractivity contribution in [1.82, 2.24) is 15.2 Å². The van der Waals surface area contributed by atoms with Crippen LogP contribution in [0.25, 0.3) is 11.1 Å². The average molecular weight is 476 g/mol. The zero-order valence-electron chi connectivity index (χ0n) is 20.5. The molecule has 1 saturated heterocycles. The van der Waals surface area contributed by atoms with Crippen molar-refractivity contribution in [3.8, 4) is 11.1 Å². The first-order valence-corrected chi connectivity index (χ1v) is 12.1. The Morgan fingerprint density at radius 2 is 2.06 bits per heavy atom. The van der Waals surface area contributed by atoms with Gasteiger partial charge in [-0.3, -0.25) is 9.89 Å². The number of hydrogen-bond acceptors (Lipinski definition) is 7. The number of H-pyrrole nitrogens is 1. The van der Waals surface area contributed by atoms with Crippen LogP contribution in [0.3, 0.4) is 0 Å². The van der Waals surface area contributed by atoms with Crippen LogP contribution in [0, 0.1) is 11.3 Å². The van der Waals surface area contributed by atoms with Crippen LogP contribution in [0.2, 0.25) is 0 Å². The largest absolute Gasteiger partial charge is 0.377 e. The molecule has 1 atom stereocenters. The van der Waals surface area contributed by atoms with Crippen LogP contribution >= 0.6 is 0 Å². The molecule has 9 nitrogen and oxygen atoms in total. The number of carbonyl (C=O) groups is 1. The number of aromatic nitrogens is 3. The van der Waals surface area contributed by atoms with Crippen LogP contribution in [-0.2, 0) is 9.53 Å². The third-order valence-corrected chi connectivity index (χ3v) is 6.42. The van der Waals surface area contributed by atoms with E-state index in [9.17, 15) is 4.79 Å². The molecule has 3 aromatic rings. The summed E-state index contributed by atoms with van der Waals surface area (Å²) in [5.41, 5.74) is 3.23. The topological polar surface area (TPSA) is 119 Å². The molecule has 1 amide bonds. The summed E-state index contributed by atoms with van der Waals surface area (Å²) in [4.78, 5) is 19.6. The van der Waals surface area contributed by atoms with Crippen molar-refractivity contribution in [1.29, 1.82) is 5.41 Å². The van der Waals surface area contributed by atoms with Crippen LogP contribution in [0.1, 0.15) is 39.2 Å². The van der Waals surface area contributed by atoms with Gasteiger partial charge in [-0.15, -0.1) is 0 Å². The molecule has 0 bridgehead atoms. The predicted molar refractivity (Wildman–Crippen MR) is 140 cm³/mol. The van der Waals surface area contributed by atoms with Gasteiger partial charge in [-0.25, -0.2) is 4.98 Å². The molecule has 0 spiro atoms. The van der Waals surface area contributed by atoms with Crippen molar-refractivity contribution in [2.45, 2.75) is 39.7 Å². The molecule has 0 radical (unpaired) electrons. The van der Waals surface area contributed by atoms with E-state index in [-0.39, 0.29) is 17.9 Å². The van der Waals surface area contributed by atoms with Gasteiger partial charge in [-0.1, -0.05) is 26.0 Å². The van der Waals surface area contributed by atoms with Crippen LogP contribution in [0.4, 0.5) is 23.1 Å². The lowest BCUT2D eigenvalue weighted by Crippen LogP contribution is -2.44. The van der Waals surface area contributed by atoms with Crippen LogP contribution in [-0.4, -0.2) is 53.1 Å². The zero-order valence-corrected chi connectivity index (χ0v) is 20.5. The summed E-state index contributed by atoms with van der Waals surface area (Å²) in [5.74, 6) is 2.13. The van der Waals surface area contributed by atoms with Gasteiger partial charge in [0.25, 0.3) is 0 Å². The summed E-state index contributed by atoms with van der Waals surface area (Å²) in [6, 6.07) is 11.8. The van der Waals surface area contributed by atoms with Crippen LogP contribution in [0.15, 0.2) is 42.6 Å². The van der Waals surface area contributed by atoms with E-state index in [4.69, 9.17) is 15.1 Å². The molecular weight excluding hydrogens is 442 g/mol. The van der Waals surface area contributed by atoms with Crippen molar-refractivity contribution in [3.63, 3.8) is 0 Å². The number of amides is 1. The Kier molecular flexibility index (Phi) is 7.77. The van der Waals surface area contributed by atoms with E-state index in [0.29, 0.717) is 30.4 Å². The summed E-state index contributed by atoms with van der Waals surface area (Å²) < 4.78 is 5.62. The first-order valence-electron chi connectivity index (χ1n) is 12.1. The Balaban J connectivity index is 1.71. The summed E-state index contributed by atoms with van der Waals surface area (Å²) in [6.07, 6.45) is 4.61. The minimum atomic E-state index is 0.00794. The molecule has 3 heterocycles. The molecular formula is C26H33N7O2. The fraction of sp³-hybridized carbons (Fsp3) is 0.385. The predicted octanol–water partition coefficient (Wildman–Crippen LogP) is 4.81. The van der Waals surface area contributed by atoms with E-state index in [1.54, 1.807) is 6.20 Å². The highest BCUT2D eigenvalue weighted by molar-refractivity contribution is 5.97. The van der Waals surface area contributed by atoms with Gasteiger partial charge in [0.1, 0.15) is 17.5 Å². The Bertz CT molecular complexity index is 1140. The summed E-state index contributed by atoms with van der Waals surface area (Å²) in [6.45, 7) is 8.19. The second-order valence-electron chi connectivity index (χ2n) is 8.73. The van der Waals surface area contributed by atoms with Crippen LogP contribution < -0.4 is 15.5 Å². The highest BCUT2D eigenvalue weighted by Crippen LogP contribution is 2.34. The third kappa shape index (κ3) is 5.51. The molecule has 0 unspecified atom stereocenters. The molecule has 1 aliphatic rings. The highest BCUT2D eigenvalue weighted by Gasteiger charge is 2.23. The van der Waals surface area contributed by atoms with Gasteiger partial charge >= 0.3 is 0 Å². The lowest BCUT2D eigenvalue weighted by molar-refractivity contribution is -0.120. The number of morpholine rings is 1. The van der Waals surface area contributed by atoms with E-state index in [1.165, 1.54) is 6.21 Å². The van der Waals surface area contributed by atoms with Crippen molar-refractivity contribution in [2.24, 2.45) is 5.92 Å². The van der Waals surface area contributed by atoms with E-state index in [1.807, 2.05) is 50.2 Å². The Hall–Kier alpha value is -3.72. The minimum absolute atomic E-state index is 0.00794. The number of anilines is 4. The van der Waals surface area contributed by atoms with Gasteiger partial charge in [0, 0.05) is 36.0 Å². The lowest BCUT2D eigenvalue weighted by Gasteiger charge is -2.35. The molecule has 0 saturated carbocycles. The van der Waals surface area contributed by atoms with E-state index in [2.05, 4.69) is 32.7 Å². The quantitative estimate of drug-likeness (QED) is 0.330. The number of nitrogens with one attached hydrogen (secondary N) is 4. The van der Waals surface area contributed by atoms with Crippen molar-refractivity contribution >= 4 is 35.3 Å². The van der Waals surface area contributed by atoms with Crippen molar-refractivity contribution < 1.29 is 9.53 Å². The average Bonchev–Trinajstić information content (AvgIpc) is 3.38. The first kappa shape index (κ1) is 24.4. The Morgan fingerprint density at radius 1 is 1.29 bits per heavy atom. The lowest BCUT2D eigenvalue weighted by atomic mass is 9.99. The number of carbonyl (C=O) groups excluding carboxylic acids is 1. The zero-order chi connectivity index (χ0) is 24.8. The van der Waals surface area contributed by atoms with E-state index >= 15 is 0 Å². The summed E-state index contributed by atoms with van der Waals surface area (Å²) in [5, 5.41) is 21.4. The molecule has 184 valence electrons. The smallest absolute Gasteiger partial charge is 0.227 e. The number of rotatable bonds is 9. The maximum absolute atomic E-state index is 12.5. The molecule has 2 aromatic heterocycles. The number of benzene rings is 1. The number of hydrogen-bond donors (Lipinski definition) is 4. The first-order chi connectivity index (χ1) is 17.0. The fourth-order valence-corrected chi connectivity index (χ4v) is 4.33. The summed E-state index contributed by atoms with van der Waals surface area (Å²) >= 11 is 0. The van der Waals surface area contributed by atoms with Gasteiger partial charge in [0.15, 0.2) is 0 Å². The van der Waals surface area contributed by atoms with E-state index < -0.39 is 0 Å².